The molecule has 1 aromatic rings. The van der Waals surface area contributed by atoms with E-state index in [2.05, 4.69) is 0 Å². The molecule has 0 saturated heterocycles. The molecule has 1 aliphatic rings. The Balaban J connectivity index is 2.69. The third-order valence-electron chi connectivity index (χ3n) is 2.14. The van der Waals surface area contributed by atoms with Gasteiger partial charge in [0.2, 0.25) is 0 Å². The molecule has 0 saturated carbocycles. The molecule has 0 aromatic heterocycles. The van der Waals surface area contributed by atoms with E-state index in [1.54, 1.807) is 31.2 Å². The summed E-state index contributed by atoms with van der Waals surface area (Å²) in [6.45, 7) is 1.66. The minimum Gasteiger partial charge on any atom is -0.289 e. The number of allylic oxidation sites excluding steroid dienone is 2. The SMILES string of the molecule is CC1=C[13C](=O)c2ccccc2C1=O. The summed E-state index contributed by atoms with van der Waals surface area (Å²) >= 11 is 0. The van der Waals surface area contributed by atoms with Gasteiger partial charge in [0, 0.05) is 16.7 Å². The lowest BCUT2D eigenvalue weighted by Gasteiger charge is -2.11. The van der Waals surface area contributed by atoms with Gasteiger partial charge in [-0.15, -0.1) is 0 Å². The Kier molecular flexibility index (Phi) is 1.62. The fourth-order valence-corrected chi connectivity index (χ4v) is 1.45. The lowest BCUT2D eigenvalue weighted by atomic mass is 9.98. The van der Waals surface area contributed by atoms with Crippen LogP contribution < -0.4 is 0 Å². The summed E-state index contributed by atoms with van der Waals surface area (Å²) in [5.41, 5.74) is 1.55. The molecule has 0 unspecified atom stereocenters. The molecule has 64 valence electrons. The van der Waals surface area contributed by atoms with E-state index in [1.807, 2.05) is 0 Å². The van der Waals surface area contributed by atoms with Crippen LogP contribution in [0.2, 0.25) is 0 Å². The first-order valence-electron chi connectivity index (χ1n) is 4.06. The monoisotopic (exact) mass is 173 g/mol. The summed E-state index contributed by atoms with van der Waals surface area (Å²) in [4.78, 5) is 23.0. The number of hydrogen-bond donors (Lipinski definition) is 0. The molecule has 0 fully saturated rings. The summed E-state index contributed by atoms with van der Waals surface area (Å²) in [5.74, 6) is -0.122. The largest absolute Gasteiger partial charge is 0.289 e. The van der Waals surface area contributed by atoms with Crippen molar-refractivity contribution in [3.8, 4) is 0 Å². The number of hydrogen-bond acceptors (Lipinski definition) is 2. The van der Waals surface area contributed by atoms with Gasteiger partial charge in [-0.05, 0) is 13.0 Å². The molecule has 0 heterocycles. The standard InChI is InChI=1S/C11H8O2/c1-7-6-10(12)8-4-2-3-5-9(8)11(7)13/h2-6H,1H3/i10+1. The molecule has 0 N–H and O–H groups in total. The van der Waals surface area contributed by atoms with Crippen molar-refractivity contribution in [2.24, 2.45) is 0 Å². The van der Waals surface area contributed by atoms with Gasteiger partial charge in [0.1, 0.15) is 0 Å². The Bertz CT molecular complexity index is 427. The maximum atomic E-state index is 11.5. The highest BCUT2D eigenvalue weighted by Gasteiger charge is 2.21. The lowest BCUT2D eigenvalue weighted by molar-refractivity contribution is 0.0984. The highest BCUT2D eigenvalue weighted by Crippen LogP contribution is 2.20. The normalized spacial score (nSPS) is 15.3. The zero-order chi connectivity index (χ0) is 9.42. The fraction of sp³-hybridized carbons (Fsp3) is 0.0909. The Hall–Kier alpha value is -1.70. The fourth-order valence-electron chi connectivity index (χ4n) is 1.45. The molecule has 0 aliphatic heterocycles. The highest BCUT2D eigenvalue weighted by molar-refractivity contribution is 6.24. The Morgan fingerprint density at radius 1 is 1.00 bits per heavy atom. The maximum absolute atomic E-state index is 11.5. The molecule has 0 atom stereocenters. The zero-order valence-corrected chi connectivity index (χ0v) is 7.20. The Labute approximate surface area is 75.9 Å². The number of Topliss-reactive ketones (excluding diaryl/α,β-unsaturated/α-hetero) is 1. The van der Waals surface area contributed by atoms with E-state index in [1.165, 1.54) is 6.08 Å². The van der Waals surface area contributed by atoms with Gasteiger partial charge >= 0.3 is 0 Å². The number of fused-ring (bicyclic) bond motifs is 1. The molecular weight excluding hydrogens is 165 g/mol. The second kappa shape index (κ2) is 2.66. The number of carbonyl (C=O) groups is 2. The van der Waals surface area contributed by atoms with Gasteiger partial charge in [-0.25, -0.2) is 0 Å². The quantitative estimate of drug-likeness (QED) is 0.562. The Morgan fingerprint density at radius 2 is 1.62 bits per heavy atom. The van der Waals surface area contributed by atoms with Gasteiger partial charge in [-0.2, -0.15) is 0 Å². The molecule has 0 spiro atoms. The summed E-state index contributed by atoms with van der Waals surface area (Å²) in [7, 11) is 0. The highest BCUT2D eigenvalue weighted by atomic mass is 16.2. The minimum atomic E-state index is -0.0762. The van der Waals surface area contributed by atoms with Crippen molar-refractivity contribution in [2.45, 2.75) is 6.92 Å². The number of ketones is 2. The average molecular weight is 173 g/mol. The van der Waals surface area contributed by atoms with Crippen LogP contribution in [0.1, 0.15) is 27.6 Å². The molecule has 2 heteroatoms. The summed E-state index contributed by atoms with van der Waals surface area (Å²) in [6.07, 6.45) is 1.39. The van der Waals surface area contributed by atoms with Crippen LogP contribution in [0.4, 0.5) is 0 Å². The van der Waals surface area contributed by atoms with Crippen LogP contribution in [0.3, 0.4) is 0 Å². The third-order valence-corrected chi connectivity index (χ3v) is 2.14. The van der Waals surface area contributed by atoms with Crippen molar-refractivity contribution in [1.82, 2.24) is 0 Å². The van der Waals surface area contributed by atoms with Crippen LogP contribution in [0.15, 0.2) is 35.9 Å². The molecular formula is C11H8O2. The van der Waals surface area contributed by atoms with Gasteiger partial charge in [0.15, 0.2) is 11.6 Å². The second-order valence-corrected chi connectivity index (χ2v) is 3.07. The van der Waals surface area contributed by atoms with Crippen molar-refractivity contribution in [1.29, 1.82) is 0 Å². The number of rotatable bonds is 0. The number of carbonyl (C=O) groups excluding carboxylic acids is 2. The molecule has 1 aromatic carbocycles. The zero-order valence-electron chi connectivity index (χ0n) is 7.20. The van der Waals surface area contributed by atoms with Gasteiger partial charge < -0.3 is 0 Å². The first-order chi connectivity index (χ1) is 6.20. The second-order valence-electron chi connectivity index (χ2n) is 3.07. The van der Waals surface area contributed by atoms with E-state index < -0.39 is 0 Å². The molecule has 2 nitrogen and oxygen atoms in total. The van der Waals surface area contributed by atoms with Crippen LogP contribution in [-0.4, -0.2) is 11.6 Å². The molecule has 0 bridgehead atoms. The van der Waals surface area contributed by atoms with E-state index in [0.29, 0.717) is 16.7 Å². The Morgan fingerprint density at radius 3 is 2.31 bits per heavy atom. The first kappa shape index (κ1) is 7.92. The predicted octanol–water partition coefficient (Wildman–Crippen LogP) is 2.01. The van der Waals surface area contributed by atoms with Crippen LogP contribution in [0.25, 0.3) is 0 Å². The van der Waals surface area contributed by atoms with Crippen molar-refractivity contribution >= 4 is 11.6 Å². The van der Waals surface area contributed by atoms with Crippen molar-refractivity contribution in [3.63, 3.8) is 0 Å². The first-order valence-corrected chi connectivity index (χ1v) is 4.06. The molecule has 0 amide bonds. The molecule has 13 heavy (non-hydrogen) atoms. The summed E-state index contributed by atoms with van der Waals surface area (Å²) in [6, 6.07) is 6.89. The van der Waals surface area contributed by atoms with Crippen molar-refractivity contribution in [2.75, 3.05) is 0 Å². The van der Waals surface area contributed by atoms with Crippen LogP contribution in [-0.2, 0) is 0 Å². The van der Waals surface area contributed by atoms with Gasteiger partial charge in [-0.1, -0.05) is 24.3 Å². The van der Waals surface area contributed by atoms with E-state index in [-0.39, 0.29) is 11.6 Å². The average Bonchev–Trinajstić information content (AvgIpc) is 2.15. The molecule has 1 aliphatic carbocycles. The van der Waals surface area contributed by atoms with Crippen molar-refractivity contribution < 1.29 is 9.59 Å². The smallest absolute Gasteiger partial charge is 0.189 e. The number of benzene rings is 1. The van der Waals surface area contributed by atoms with Crippen LogP contribution >= 0.6 is 0 Å². The topological polar surface area (TPSA) is 34.1 Å². The van der Waals surface area contributed by atoms with Gasteiger partial charge in [0.25, 0.3) is 0 Å². The van der Waals surface area contributed by atoms with E-state index in [0.717, 1.165) is 0 Å². The van der Waals surface area contributed by atoms with Gasteiger partial charge in [-0.3, -0.25) is 9.59 Å². The predicted molar refractivity (Wildman–Crippen MR) is 48.9 cm³/mol. The lowest BCUT2D eigenvalue weighted by Crippen LogP contribution is -2.14. The van der Waals surface area contributed by atoms with Gasteiger partial charge in [0.05, 0.1) is 0 Å². The maximum Gasteiger partial charge on any atom is 0.189 e. The van der Waals surface area contributed by atoms with E-state index in [4.69, 9.17) is 0 Å². The molecule has 0 radical (unpaired) electrons. The minimum absolute atomic E-state index is 0.0461. The van der Waals surface area contributed by atoms with E-state index in [9.17, 15) is 9.59 Å². The summed E-state index contributed by atoms with van der Waals surface area (Å²) in [5, 5.41) is 0. The van der Waals surface area contributed by atoms with Crippen molar-refractivity contribution in [3.05, 3.63) is 47.0 Å². The van der Waals surface area contributed by atoms with Crippen LogP contribution in [0, 0.1) is 0 Å². The van der Waals surface area contributed by atoms with E-state index >= 15 is 0 Å². The summed E-state index contributed by atoms with van der Waals surface area (Å²) < 4.78 is 0. The van der Waals surface area contributed by atoms with Crippen LogP contribution in [0.5, 0.6) is 0 Å². The third kappa shape index (κ3) is 1.11. The molecule has 2 rings (SSSR count).